The molecule has 4 rings (SSSR count). The molecule has 0 amide bonds. The monoisotopic (exact) mass is 392 g/mol. The number of hydrogen-bond acceptors (Lipinski definition) is 4. The molecule has 4 heteroatoms. The summed E-state index contributed by atoms with van der Waals surface area (Å²) < 4.78 is 4.60. The van der Waals surface area contributed by atoms with E-state index in [-0.39, 0.29) is 12.2 Å². The quantitative estimate of drug-likeness (QED) is 0.237. The average molecular weight is 392 g/mol. The van der Waals surface area contributed by atoms with Gasteiger partial charge in [-0.05, 0) is 65.9 Å². The molecule has 0 saturated carbocycles. The van der Waals surface area contributed by atoms with Crippen LogP contribution in [0.25, 0.3) is 6.08 Å². The molecule has 146 valence electrons. The van der Waals surface area contributed by atoms with Gasteiger partial charge >= 0.3 is 0 Å². The smallest absolute Gasteiger partial charge is 0.299 e. The first-order chi connectivity index (χ1) is 14.8. The Balaban J connectivity index is 1.74. The molecule has 1 heterocycles. The molecule has 3 aromatic rings. The maximum Gasteiger partial charge on any atom is 0.299 e. The molecule has 0 spiro atoms. The van der Waals surface area contributed by atoms with Crippen molar-refractivity contribution in [2.45, 2.75) is 12.8 Å². The van der Waals surface area contributed by atoms with Gasteiger partial charge in [0.2, 0.25) is 5.76 Å². The first-order valence-electron chi connectivity index (χ1n) is 9.75. The second-order valence-corrected chi connectivity index (χ2v) is 6.90. The lowest BCUT2D eigenvalue weighted by molar-refractivity contribution is -0.124. The van der Waals surface area contributed by atoms with E-state index in [0.717, 1.165) is 24.1 Å². The average Bonchev–Trinajstić information content (AvgIpc) is 2.95. The van der Waals surface area contributed by atoms with Gasteiger partial charge in [0.25, 0.3) is 6.47 Å². The second kappa shape index (κ2) is 8.93. The number of anilines is 3. The van der Waals surface area contributed by atoms with Gasteiger partial charge in [0.1, 0.15) is 6.07 Å². The Morgan fingerprint density at radius 2 is 1.67 bits per heavy atom. The largest absolute Gasteiger partial charge is 0.417 e. The maximum atomic E-state index is 10.4. The van der Waals surface area contributed by atoms with Gasteiger partial charge in [-0.25, -0.2) is 0 Å². The van der Waals surface area contributed by atoms with Gasteiger partial charge in [-0.1, -0.05) is 54.6 Å². The zero-order valence-corrected chi connectivity index (χ0v) is 16.4. The summed E-state index contributed by atoms with van der Waals surface area (Å²) in [6.07, 6.45) is 6.99. The van der Waals surface area contributed by atoms with E-state index in [2.05, 4.69) is 76.4 Å². The van der Waals surface area contributed by atoms with E-state index in [1.165, 1.54) is 28.6 Å². The third kappa shape index (κ3) is 4.01. The predicted octanol–water partition coefficient (Wildman–Crippen LogP) is 5.85. The number of carbonyl (C=O) groups is 1. The number of ether oxygens (including phenoxy) is 1. The Kier molecular flexibility index (Phi) is 5.73. The number of fused-ring (bicyclic) bond motifs is 2. The van der Waals surface area contributed by atoms with Crippen LogP contribution >= 0.6 is 0 Å². The number of para-hydroxylation sites is 2. The van der Waals surface area contributed by atoms with Gasteiger partial charge in [-0.3, -0.25) is 4.79 Å². The highest BCUT2D eigenvalue weighted by Gasteiger charge is 2.21. The number of allylic oxidation sites excluding steroid dienone is 3. The lowest BCUT2D eigenvalue weighted by Gasteiger charge is -2.27. The van der Waals surface area contributed by atoms with Crippen LogP contribution < -0.4 is 4.90 Å². The van der Waals surface area contributed by atoms with E-state index in [0.29, 0.717) is 0 Å². The molecule has 0 radical (unpaired) electrons. The number of nitrogens with zero attached hydrogens (tertiary/aromatic N) is 2. The van der Waals surface area contributed by atoms with Gasteiger partial charge in [0.15, 0.2) is 0 Å². The molecule has 3 aromatic carbocycles. The molecule has 1 aliphatic heterocycles. The SMILES string of the molecule is N#C/C(=C/C=C/c1ccc2c(c1)CCc1ccccc1N2c1ccccc1)OC=O. The van der Waals surface area contributed by atoms with E-state index in [1.54, 1.807) is 6.08 Å². The van der Waals surface area contributed by atoms with Gasteiger partial charge in [0, 0.05) is 17.1 Å². The summed E-state index contributed by atoms with van der Waals surface area (Å²) in [6, 6.07) is 27.1. The molecule has 0 saturated heterocycles. The van der Waals surface area contributed by atoms with Crippen LogP contribution in [0, 0.1) is 11.3 Å². The minimum absolute atomic E-state index is 0.0401. The van der Waals surface area contributed by atoms with Crippen molar-refractivity contribution in [2.75, 3.05) is 4.90 Å². The molecule has 0 N–H and O–H groups in total. The number of rotatable bonds is 5. The highest BCUT2D eigenvalue weighted by molar-refractivity contribution is 5.82. The molecule has 0 aliphatic carbocycles. The van der Waals surface area contributed by atoms with Crippen LogP contribution in [-0.2, 0) is 22.4 Å². The Hall–Kier alpha value is -4.10. The molecule has 0 bridgehead atoms. The van der Waals surface area contributed by atoms with E-state index in [4.69, 9.17) is 5.26 Å². The predicted molar refractivity (Wildman–Crippen MR) is 118 cm³/mol. The molecule has 0 fully saturated rings. The Morgan fingerprint density at radius 3 is 2.47 bits per heavy atom. The van der Waals surface area contributed by atoms with Gasteiger partial charge in [0.05, 0.1) is 0 Å². The van der Waals surface area contributed by atoms with Crippen LogP contribution in [0.1, 0.15) is 16.7 Å². The van der Waals surface area contributed by atoms with Gasteiger partial charge < -0.3 is 9.64 Å². The minimum atomic E-state index is -0.0401. The highest BCUT2D eigenvalue weighted by Crippen LogP contribution is 2.41. The fraction of sp³-hybridized carbons (Fsp3) is 0.0769. The lowest BCUT2D eigenvalue weighted by atomic mass is 10.0. The van der Waals surface area contributed by atoms with Gasteiger partial charge in [-0.2, -0.15) is 5.26 Å². The van der Waals surface area contributed by atoms with E-state index in [9.17, 15) is 4.79 Å². The topological polar surface area (TPSA) is 53.3 Å². The Labute approximate surface area is 176 Å². The fourth-order valence-corrected chi connectivity index (χ4v) is 3.72. The summed E-state index contributed by atoms with van der Waals surface area (Å²) in [5.74, 6) is -0.0401. The highest BCUT2D eigenvalue weighted by atomic mass is 16.5. The summed E-state index contributed by atoms with van der Waals surface area (Å²) in [5, 5.41) is 8.93. The van der Waals surface area contributed by atoms with Crippen molar-refractivity contribution in [3.8, 4) is 6.07 Å². The van der Waals surface area contributed by atoms with Crippen LogP contribution in [0.4, 0.5) is 17.1 Å². The van der Waals surface area contributed by atoms with Crippen molar-refractivity contribution in [1.29, 1.82) is 5.26 Å². The van der Waals surface area contributed by atoms with Crippen LogP contribution in [0.2, 0.25) is 0 Å². The molecule has 1 aliphatic rings. The molecule has 0 atom stereocenters. The normalized spacial score (nSPS) is 13.2. The maximum absolute atomic E-state index is 10.4. The summed E-state index contributed by atoms with van der Waals surface area (Å²) in [7, 11) is 0. The van der Waals surface area contributed by atoms with Crippen molar-refractivity contribution >= 4 is 29.6 Å². The summed E-state index contributed by atoms with van der Waals surface area (Å²) >= 11 is 0. The second-order valence-electron chi connectivity index (χ2n) is 6.90. The zero-order valence-electron chi connectivity index (χ0n) is 16.4. The van der Waals surface area contributed by atoms with Crippen molar-refractivity contribution < 1.29 is 9.53 Å². The third-order valence-electron chi connectivity index (χ3n) is 5.08. The van der Waals surface area contributed by atoms with E-state index < -0.39 is 0 Å². The molecular weight excluding hydrogens is 372 g/mol. The Morgan fingerprint density at radius 1 is 0.933 bits per heavy atom. The summed E-state index contributed by atoms with van der Waals surface area (Å²) in [5.41, 5.74) is 7.10. The van der Waals surface area contributed by atoms with Crippen molar-refractivity contribution in [3.05, 3.63) is 107 Å². The number of hydrogen-bond donors (Lipinski definition) is 0. The fourth-order valence-electron chi connectivity index (χ4n) is 3.72. The number of aryl methyl sites for hydroxylation is 2. The van der Waals surface area contributed by atoms with Crippen LogP contribution in [-0.4, -0.2) is 6.47 Å². The lowest BCUT2D eigenvalue weighted by Crippen LogP contribution is -2.11. The number of benzene rings is 3. The minimum Gasteiger partial charge on any atom is -0.417 e. The first kappa shape index (κ1) is 19.2. The van der Waals surface area contributed by atoms with E-state index >= 15 is 0 Å². The first-order valence-corrected chi connectivity index (χ1v) is 9.75. The number of carbonyl (C=O) groups excluding carboxylic acids is 1. The van der Waals surface area contributed by atoms with E-state index in [1.807, 2.05) is 18.2 Å². The molecule has 30 heavy (non-hydrogen) atoms. The molecule has 0 unspecified atom stereocenters. The van der Waals surface area contributed by atoms with Crippen LogP contribution in [0.5, 0.6) is 0 Å². The van der Waals surface area contributed by atoms with Crippen molar-refractivity contribution in [2.24, 2.45) is 0 Å². The molecular formula is C26H20N2O2. The zero-order chi connectivity index (χ0) is 20.8. The standard InChI is InChI=1S/C26H20N2O2/c27-18-24(30-19-29)11-6-7-20-13-16-26-22(17-20)15-14-21-8-4-5-12-25(21)28(26)23-9-2-1-3-10-23/h1-13,16-17,19H,14-15H2/b7-6+,24-11-. The van der Waals surface area contributed by atoms with Crippen LogP contribution in [0.15, 0.2) is 90.7 Å². The number of nitriles is 1. The third-order valence-corrected chi connectivity index (χ3v) is 5.08. The van der Waals surface area contributed by atoms with Gasteiger partial charge in [-0.15, -0.1) is 0 Å². The molecule has 4 nitrogen and oxygen atoms in total. The Bertz CT molecular complexity index is 1160. The summed E-state index contributed by atoms with van der Waals surface area (Å²) in [6.45, 7) is 0.251. The van der Waals surface area contributed by atoms with Crippen LogP contribution in [0.3, 0.4) is 0 Å². The van der Waals surface area contributed by atoms with Crippen molar-refractivity contribution in [3.63, 3.8) is 0 Å². The summed E-state index contributed by atoms with van der Waals surface area (Å²) in [4.78, 5) is 12.7. The van der Waals surface area contributed by atoms with Crippen molar-refractivity contribution in [1.82, 2.24) is 0 Å². The molecule has 0 aromatic heterocycles.